The van der Waals surface area contributed by atoms with Crippen molar-refractivity contribution in [2.45, 2.75) is 68.2 Å². The summed E-state index contributed by atoms with van der Waals surface area (Å²) in [6.07, 6.45) is 6.15. The fraction of sp³-hybridized carbons (Fsp3) is 0.333. The molecule has 1 aromatic heterocycles. The van der Waals surface area contributed by atoms with Gasteiger partial charge in [0.25, 0.3) is 0 Å². The molecule has 238 valence electrons. The topological polar surface area (TPSA) is 54.5 Å². The van der Waals surface area contributed by atoms with Gasteiger partial charge in [0.05, 0.1) is 16.5 Å². The maximum Gasteiger partial charge on any atom is 0.324 e. The number of nitrogens with one attached hydrogen (secondary N) is 1. The first-order chi connectivity index (χ1) is 22.7. The zero-order valence-electron chi connectivity index (χ0n) is 26.1. The normalized spacial score (nSPS) is 33.1. The quantitative estimate of drug-likeness (QED) is 0.175. The smallest absolute Gasteiger partial charge is 0.324 e. The van der Waals surface area contributed by atoms with Crippen molar-refractivity contribution in [3.05, 3.63) is 141 Å². The zero-order valence-corrected chi connectivity index (χ0v) is 27.6. The van der Waals surface area contributed by atoms with Crippen molar-refractivity contribution in [2.75, 3.05) is 5.32 Å². The van der Waals surface area contributed by atoms with E-state index in [1.807, 2.05) is 60.8 Å². The van der Waals surface area contributed by atoms with Crippen molar-refractivity contribution in [3.63, 3.8) is 0 Å². The fourth-order valence-corrected chi connectivity index (χ4v) is 10.4. The lowest BCUT2D eigenvalue weighted by Crippen LogP contribution is -2.66. The van der Waals surface area contributed by atoms with E-state index in [1.54, 1.807) is 18.2 Å². The molecule has 8 heteroatoms. The van der Waals surface area contributed by atoms with Crippen LogP contribution in [0, 0.1) is 17.2 Å². The molecule has 2 aliphatic carbocycles. The SMILES string of the molecule is CC1(C)CCC23CC1C=C1Nc4cc(Cl)ncc4[C@]12[C@@H](c1cccc(Cl)c1F)[C@@H]1C(=O)O[C@@H](c2ccccc2)[C@@H](c2ccccc2)N13. The lowest BCUT2D eigenvalue weighted by molar-refractivity contribution is -0.185. The van der Waals surface area contributed by atoms with E-state index < -0.39 is 34.8 Å². The number of morpholine rings is 1. The summed E-state index contributed by atoms with van der Waals surface area (Å²) in [5.41, 5.74) is 3.69. The van der Waals surface area contributed by atoms with E-state index in [-0.39, 0.29) is 28.4 Å². The van der Waals surface area contributed by atoms with Gasteiger partial charge in [0, 0.05) is 34.6 Å². The van der Waals surface area contributed by atoms with E-state index in [4.69, 9.17) is 27.9 Å². The number of aromatic nitrogens is 1. The Morgan fingerprint density at radius 2 is 1.66 bits per heavy atom. The summed E-state index contributed by atoms with van der Waals surface area (Å²) < 4.78 is 23.2. The molecule has 5 nitrogen and oxygen atoms in total. The molecule has 3 fully saturated rings. The summed E-state index contributed by atoms with van der Waals surface area (Å²) in [4.78, 5) is 22.0. The van der Waals surface area contributed by atoms with Gasteiger partial charge in [0.2, 0.25) is 0 Å². The summed E-state index contributed by atoms with van der Waals surface area (Å²) in [5.74, 6) is -1.32. The van der Waals surface area contributed by atoms with Gasteiger partial charge in [0.1, 0.15) is 23.1 Å². The van der Waals surface area contributed by atoms with Crippen molar-refractivity contribution in [1.82, 2.24) is 9.88 Å². The summed E-state index contributed by atoms with van der Waals surface area (Å²) in [5, 5.41) is 4.16. The fourth-order valence-electron chi connectivity index (χ4n) is 10.1. The van der Waals surface area contributed by atoms with Crippen molar-refractivity contribution in [2.24, 2.45) is 11.3 Å². The van der Waals surface area contributed by atoms with Gasteiger partial charge in [-0.25, -0.2) is 9.37 Å². The molecule has 3 aromatic carbocycles. The Morgan fingerprint density at radius 1 is 0.936 bits per heavy atom. The maximum atomic E-state index is 16.6. The van der Waals surface area contributed by atoms with Gasteiger partial charge in [-0.15, -0.1) is 0 Å². The summed E-state index contributed by atoms with van der Waals surface area (Å²) in [7, 11) is 0. The first-order valence-electron chi connectivity index (χ1n) is 16.4. The third-order valence-electron chi connectivity index (χ3n) is 12.1. The van der Waals surface area contributed by atoms with Gasteiger partial charge in [-0.1, -0.05) is 116 Å². The minimum Gasteiger partial charge on any atom is -0.454 e. The van der Waals surface area contributed by atoms with Gasteiger partial charge in [-0.3, -0.25) is 9.69 Å². The Morgan fingerprint density at radius 3 is 2.40 bits per heavy atom. The Hall–Kier alpha value is -3.71. The van der Waals surface area contributed by atoms with E-state index in [0.717, 1.165) is 47.3 Å². The third kappa shape index (κ3) is 3.81. The average molecular weight is 667 g/mol. The van der Waals surface area contributed by atoms with Crippen molar-refractivity contribution in [1.29, 1.82) is 0 Å². The number of carbonyl (C=O) groups is 1. The first kappa shape index (κ1) is 29.4. The predicted octanol–water partition coefficient (Wildman–Crippen LogP) is 9.16. The molecule has 2 spiro atoms. The van der Waals surface area contributed by atoms with Crippen molar-refractivity contribution in [3.8, 4) is 0 Å². The Labute approximate surface area is 283 Å². The summed E-state index contributed by atoms with van der Waals surface area (Å²) in [6, 6.07) is 26.2. The molecular weight excluding hydrogens is 632 g/mol. The average Bonchev–Trinajstić information content (AvgIpc) is 3.53. The number of halogens is 3. The number of nitrogens with zero attached hydrogens (tertiary/aromatic N) is 2. The second kappa shape index (κ2) is 10.1. The molecule has 0 amide bonds. The number of hydrogen-bond acceptors (Lipinski definition) is 5. The number of benzene rings is 3. The number of anilines is 1. The standard InChI is InChI=1S/C39H34Cl2FN3O2/c1-37(2)16-17-38-20-24(37)18-29-39(38,26-21-43-30(41)19-28(26)44-29)31(25-14-9-15-27(40)32(25)42)34-36(46)47-35(23-12-7-4-8-13-23)33(45(34)38)22-10-5-3-6-11-22/h3-15,18-19,21,24,31,33-35,44H,16-17,20H2,1-2H3/t24?,31-,33+,34+,35-,38?,39+/m0/s1. The van der Waals surface area contributed by atoms with Crippen LogP contribution in [0.3, 0.4) is 0 Å². The minimum atomic E-state index is -0.860. The van der Waals surface area contributed by atoms with Crippen LogP contribution in [0.5, 0.6) is 0 Å². The van der Waals surface area contributed by atoms with Crippen LogP contribution in [0.1, 0.15) is 73.4 Å². The number of allylic oxidation sites excluding steroid dienone is 1. The molecule has 2 saturated heterocycles. The van der Waals surface area contributed by atoms with Gasteiger partial charge < -0.3 is 10.1 Å². The molecule has 47 heavy (non-hydrogen) atoms. The number of pyridine rings is 1. The molecule has 4 heterocycles. The number of esters is 1. The molecular formula is C39H34Cl2FN3O2. The summed E-state index contributed by atoms with van der Waals surface area (Å²) >= 11 is 13.1. The zero-order chi connectivity index (χ0) is 32.3. The van der Waals surface area contributed by atoms with E-state index in [0.29, 0.717) is 10.7 Å². The Bertz CT molecular complexity index is 1970. The van der Waals surface area contributed by atoms with Crippen LogP contribution in [-0.2, 0) is 14.9 Å². The molecule has 2 unspecified atom stereocenters. The highest BCUT2D eigenvalue weighted by molar-refractivity contribution is 6.30. The van der Waals surface area contributed by atoms with Crippen LogP contribution < -0.4 is 5.32 Å². The Kier molecular flexibility index (Phi) is 6.35. The van der Waals surface area contributed by atoms with Gasteiger partial charge in [-0.2, -0.15) is 0 Å². The van der Waals surface area contributed by atoms with Crippen LogP contribution >= 0.6 is 23.2 Å². The van der Waals surface area contributed by atoms with Gasteiger partial charge in [0.15, 0.2) is 0 Å². The highest BCUT2D eigenvalue weighted by atomic mass is 35.5. The van der Waals surface area contributed by atoms with E-state index >= 15 is 4.39 Å². The first-order valence-corrected chi connectivity index (χ1v) is 17.1. The number of ether oxygens (including phenoxy) is 1. The van der Waals surface area contributed by atoms with Gasteiger partial charge in [-0.05, 0) is 59.4 Å². The highest BCUT2D eigenvalue weighted by Gasteiger charge is 2.79. The maximum absolute atomic E-state index is 16.6. The second-order valence-electron chi connectivity index (χ2n) is 14.5. The van der Waals surface area contributed by atoms with E-state index in [9.17, 15) is 4.79 Å². The number of rotatable bonds is 3. The number of fused-ring (bicyclic) bond motifs is 3. The van der Waals surface area contributed by atoms with Crippen LogP contribution in [-0.4, -0.2) is 27.4 Å². The Balaban J connectivity index is 1.41. The minimum absolute atomic E-state index is 0.0169. The second-order valence-corrected chi connectivity index (χ2v) is 15.3. The van der Waals surface area contributed by atoms with E-state index in [2.05, 4.69) is 47.3 Å². The van der Waals surface area contributed by atoms with Gasteiger partial charge >= 0.3 is 5.97 Å². The third-order valence-corrected chi connectivity index (χ3v) is 12.6. The molecule has 7 atom stereocenters. The lowest BCUT2D eigenvalue weighted by atomic mass is 9.47. The van der Waals surface area contributed by atoms with Crippen LogP contribution in [0.4, 0.5) is 10.1 Å². The molecule has 1 N–H and O–H groups in total. The predicted molar refractivity (Wildman–Crippen MR) is 181 cm³/mol. The number of carbonyl (C=O) groups excluding carboxylic acids is 1. The van der Waals surface area contributed by atoms with Crippen LogP contribution in [0.15, 0.2) is 103 Å². The largest absolute Gasteiger partial charge is 0.454 e. The summed E-state index contributed by atoms with van der Waals surface area (Å²) in [6.45, 7) is 4.67. The monoisotopic (exact) mass is 665 g/mol. The molecule has 3 aliphatic heterocycles. The molecule has 9 rings (SSSR count). The van der Waals surface area contributed by atoms with E-state index in [1.165, 1.54) is 0 Å². The van der Waals surface area contributed by atoms with Crippen LogP contribution in [0.2, 0.25) is 10.2 Å². The number of hydrogen-bond donors (Lipinski definition) is 1. The molecule has 5 aliphatic rings. The molecule has 4 aromatic rings. The van der Waals surface area contributed by atoms with Crippen molar-refractivity contribution < 1.29 is 13.9 Å². The highest BCUT2D eigenvalue weighted by Crippen LogP contribution is 2.75. The molecule has 1 saturated carbocycles. The lowest BCUT2D eigenvalue weighted by Gasteiger charge is -2.62. The van der Waals surface area contributed by atoms with Crippen LogP contribution in [0.25, 0.3) is 0 Å². The number of cyclic esters (lactones) is 1. The molecule has 0 radical (unpaired) electrons. The van der Waals surface area contributed by atoms with Crippen molar-refractivity contribution >= 4 is 34.9 Å². The molecule has 2 bridgehead atoms.